The van der Waals surface area contributed by atoms with Crippen molar-refractivity contribution in [1.82, 2.24) is 9.88 Å². The second kappa shape index (κ2) is 6.10. The van der Waals surface area contributed by atoms with Crippen molar-refractivity contribution in [2.45, 2.75) is 13.0 Å². The lowest BCUT2D eigenvalue weighted by Gasteiger charge is -2.18. The van der Waals surface area contributed by atoms with Gasteiger partial charge in [0.05, 0.1) is 4.92 Å². The molecule has 1 heterocycles. The first-order chi connectivity index (χ1) is 8.81. The van der Waals surface area contributed by atoms with Crippen LogP contribution in [0, 0.1) is 10.1 Å². The number of hydrogen-bond donors (Lipinski definition) is 1. The largest absolute Gasteiger partial charge is 0.477 e. The molecule has 0 amide bonds. The van der Waals surface area contributed by atoms with Crippen molar-refractivity contribution in [2.75, 3.05) is 20.6 Å². The molecule has 0 fully saturated rings. The summed E-state index contributed by atoms with van der Waals surface area (Å²) in [6.07, 6.45) is 0.687. The van der Waals surface area contributed by atoms with E-state index in [2.05, 4.69) is 4.98 Å². The van der Waals surface area contributed by atoms with Gasteiger partial charge in [0.2, 0.25) is 5.88 Å². The zero-order valence-corrected chi connectivity index (χ0v) is 10.9. The van der Waals surface area contributed by atoms with Crippen LogP contribution in [-0.2, 0) is 0 Å². The summed E-state index contributed by atoms with van der Waals surface area (Å²) < 4.78 is 5.40. The summed E-state index contributed by atoms with van der Waals surface area (Å²) >= 11 is 0. The Hall–Kier alpha value is -2.22. The molecule has 1 atom stereocenters. The highest BCUT2D eigenvalue weighted by Gasteiger charge is 2.20. The van der Waals surface area contributed by atoms with Gasteiger partial charge in [-0.25, -0.2) is 9.78 Å². The van der Waals surface area contributed by atoms with E-state index >= 15 is 0 Å². The predicted octanol–water partition coefficient (Wildman–Crippen LogP) is 1.02. The van der Waals surface area contributed by atoms with Crippen LogP contribution < -0.4 is 4.74 Å². The molecule has 1 N–H and O–H groups in total. The number of nitro groups is 1. The van der Waals surface area contributed by atoms with Crippen molar-refractivity contribution in [2.24, 2.45) is 0 Å². The molecular formula is C11H15N3O5. The van der Waals surface area contributed by atoms with Crippen LogP contribution in [0.25, 0.3) is 0 Å². The maximum absolute atomic E-state index is 11.0. The Balaban J connectivity index is 3.00. The number of pyridine rings is 1. The van der Waals surface area contributed by atoms with Gasteiger partial charge < -0.3 is 14.7 Å². The van der Waals surface area contributed by atoms with Crippen LogP contribution in [0.3, 0.4) is 0 Å². The van der Waals surface area contributed by atoms with E-state index in [1.165, 1.54) is 0 Å². The lowest BCUT2D eigenvalue weighted by atomic mass is 10.2. The van der Waals surface area contributed by atoms with E-state index in [1.807, 2.05) is 19.0 Å². The van der Waals surface area contributed by atoms with Crippen LogP contribution in [0.1, 0.15) is 17.3 Å². The number of aromatic nitrogens is 1. The highest BCUT2D eigenvalue weighted by Crippen LogP contribution is 2.22. The maximum Gasteiger partial charge on any atom is 0.341 e. The highest BCUT2D eigenvalue weighted by atomic mass is 16.6. The average Bonchev–Trinajstić information content (AvgIpc) is 2.27. The number of ether oxygens (including phenoxy) is 1. The summed E-state index contributed by atoms with van der Waals surface area (Å²) in [6, 6.07) is 0.938. The molecule has 0 saturated heterocycles. The Kier molecular flexibility index (Phi) is 4.76. The van der Waals surface area contributed by atoms with Crippen LogP contribution in [0.4, 0.5) is 5.69 Å². The van der Waals surface area contributed by atoms with E-state index in [-0.39, 0.29) is 23.2 Å². The molecule has 1 unspecified atom stereocenters. The Labute approximate surface area is 109 Å². The van der Waals surface area contributed by atoms with Crippen LogP contribution in [0.5, 0.6) is 5.88 Å². The quantitative estimate of drug-likeness (QED) is 0.606. The van der Waals surface area contributed by atoms with E-state index in [1.54, 1.807) is 6.92 Å². The van der Waals surface area contributed by atoms with Crippen molar-refractivity contribution < 1.29 is 19.6 Å². The van der Waals surface area contributed by atoms with Crippen molar-refractivity contribution in [3.8, 4) is 5.88 Å². The summed E-state index contributed by atoms with van der Waals surface area (Å²) in [5.41, 5.74) is -0.704. The second-order valence-electron chi connectivity index (χ2n) is 4.30. The predicted molar refractivity (Wildman–Crippen MR) is 66.5 cm³/mol. The first kappa shape index (κ1) is 14.8. The van der Waals surface area contributed by atoms with Crippen molar-refractivity contribution in [3.05, 3.63) is 27.9 Å². The molecule has 0 bridgehead atoms. The van der Waals surface area contributed by atoms with E-state index < -0.39 is 10.9 Å². The SMILES string of the molecule is CC(CN(C)C)Oc1ncc([N+](=O)[O-])cc1C(=O)O. The third-order valence-electron chi connectivity index (χ3n) is 2.21. The van der Waals surface area contributed by atoms with Gasteiger partial charge in [-0.15, -0.1) is 0 Å². The van der Waals surface area contributed by atoms with E-state index in [4.69, 9.17) is 9.84 Å². The molecule has 1 aromatic heterocycles. The van der Waals surface area contributed by atoms with E-state index in [0.29, 0.717) is 6.54 Å². The number of carboxylic acid groups (broad SMARTS) is 1. The minimum absolute atomic E-state index is 0.118. The molecular weight excluding hydrogens is 254 g/mol. The number of carboxylic acids is 1. The molecule has 8 heteroatoms. The van der Waals surface area contributed by atoms with Gasteiger partial charge in [0.25, 0.3) is 5.69 Å². The monoisotopic (exact) mass is 269 g/mol. The van der Waals surface area contributed by atoms with E-state index in [9.17, 15) is 14.9 Å². The van der Waals surface area contributed by atoms with Gasteiger partial charge >= 0.3 is 5.97 Å². The molecule has 0 spiro atoms. The lowest BCUT2D eigenvalue weighted by Crippen LogP contribution is -2.28. The van der Waals surface area contributed by atoms with Gasteiger partial charge in [0, 0.05) is 12.6 Å². The summed E-state index contributed by atoms with van der Waals surface area (Å²) in [6.45, 7) is 2.33. The van der Waals surface area contributed by atoms with Crippen molar-refractivity contribution >= 4 is 11.7 Å². The van der Waals surface area contributed by atoms with Gasteiger partial charge in [-0.1, -0.05) is 0 Å². The molecule has 0 aromatic carbocycles. The molecule has 104 valence electrons. The molecule has 0 radical (unpaired) electrons. The molecule has 0 saturated carbocycles. The first-order valence-electron chi connectivity index (χ1n) is 5.50. The molecule has 1 aromatic rings. The van der Waals surface area contributed by atoms with Gasteiger partial charge in [-0.2, -0.15) is 0 Å². The minimum Gasteiger partial charge on any atom is -0.477 e. The first-order valence-corrected chi connectivity index (χ1v) is 5.50. The fraction of sp³-hybridized carbons (Fsp3) is 0.455. The summed E-state index contributed by atoms with van der Waals surface area (Å²) in [5, 5.41) is 19.6. The lowest BCUT2D eigenvalue weighted by molar-refractivity contribution is -0.385. The summed E-state index contributed by atoms with van der Waals surface area (Å²) in [5.74, 6) is -1.43. The van der Waals surface area contributed by atoms with Crippen LogP contribution in [0.2, 0.25) is 0 Å². The number of hydrogen-bond acceptors (Lipinski definition) is 6. The summed E-state index contributed by atoms with van der Waals surface area (Å²) in [7, 11) is 3.70. The number of carbonyl (C=O) groups is 1. The van der Waals surface area contributed by atoms with Crippen molar-refractivity contribution in [1.29, 1.82) is 0 Å². The Morgan fingerprint density at radius 1 is 1.63 bits per heavy atom. The topological polar surface area (TPSA) is 106 Å². The Bertz CT molecular complexity index is 489. The number of likely N-dealkylation sites (N-methyl/N-ethyl adjacent to an activating group) is 1. The maximum atomic E-state index is 11.0. The zero-order chi connectivity index (χ0) is 14.6. The normalized spacial score (nSPS) is 12.2. The van der Waals surface area contributed by atoms with Gasteiger partial charge in [-0.3, -0.25) is 10.1 Å². The molecule has 8 nitrogen and oxygen atoms in total. The van der Waals surface area contributed by atoms with Gasteiger partial charge in [0.15, 0.2) is 0 Å². The molecule has 0 aliphatic heterocycles. The fourth-order valence-electron chi connectivity index (χ4n) is 1.53. The molecule has 0 aliphatic carbocycles. The summed E-state index contributed by atoms with van der Waals surface area (Å²) in [4.78, 5) is 26.5. The standard InChI is InChI=1S/C11H15N3O5/c1-7(6-13(2)3)19-10-9(11(15)16)4-8(5-12-10)14(17)18/h4-5,7H,6H2,1-3H3,(H,15,16). The van der Waals surface area contributed by atoms with Crippen LogP contribution in [0.15, 0.2) is 12.3 Å². The van der Waals surface area contributed by atoms with Crippen LogP contribution >= 0.6 is 0 Å². The highest BCUT2D eigenvalue weighted by molar-refractivity contribution is 5.90. The molecule has 1 rings (SSSR count). The minimum atomic E-state index is -1.32. The molecule has 0 aliphatic rings. The van der Waals surface area contributed by atoms with Gasteiger partial charge in [0.1, 0.15) is 17.9 Å². The van der Waals surface area contributed by atoms with E-state index in [0.717, 1.165) is 12.3 Å². The number of nitrogens with zero attached hydrogens (tertiary/aromatic N) is 3. The zero-order valence-electron chi connectivity index (χ0n) is 10.9. The average molecular weight is 269 g/mol. The number of rotatable bonds is 6. The Morgan fingerprint density at radius 2 is 2.26 bits per heavy atom. The number of aromatic carboxylic acids is 1. The molecule has 19 heavy (non-hydrogen) atoms. The van der Waals surface area contributed by atoms with Crippen molar-refractivity contribution in [3.63, 3.8) is 0 Å². The second-order valence-corrected chi connectivity index (χ2v) is 4.30. The van der Waals surface area contributed by atoms with Crippen LogP contribution in [-0.4, -0.2) is 52.6 Å². The van der Waals surface area contributed by atoms with Gasteiger partial charge in [-0.05, 0) is 21.0 Å². The third-order valence-corrected chi connectivity index (χ3v) is 2.21. The third kappa shape index (κ3) is 4.18. The Morgan fingerprint density at radius 3 is 2.74 bits per heavy atom. The smallest absolute Gasteiger partial charge is 0.341 e. The fourth-order valence-corrected chi connectivity index (χ4v) is 1.53.